The first-order valence-corrected chi connectivity index (χ1v) is 9.98. The van der Waals surface area contributed by atoms with Crippen molar-refractivity contribution in [2.75, 3.05) is 7.11 Å². The summed E-state index contributed by atoms with van der Waals surface area (Å²) in [4.78, 5) is 9.21. The molecule has 3 aromatic rings. The molecule has 3 rings (SSSR count). The van der Waals surface area contributed by atoms with Gasteiger partial charge in [-0.1, -0.05) is 55.4 Å². The molecule has 140 valence electrons. The molecule has 1 heterocycles. The van der Waals surface area contributed by atoms with Crippen molar-refractivity contribution in [2.45, 2.75) is 30.7 Å². The van der Waals surface area contributed by atoms with Gasteiger partial charge in [-0.15, -0.1) is 0 Å². The number of halogens is 1. The molecule has 27 heavy (non-hydrogen) atoms. The predicted molar refractivity (Wildman–Crippen MR) is 110 cm³/mol. The molecule has 2 aromatic carbocycles. The van der Waals surface area contributed by atoms with Crippen LogP contribution < -0.4 is 9.47 Å². The highest BCUT2D eigenvalue weighted by Gasteiger charge is 2.11. The van der Waals surface area contributed by atoms with Gasteiger partial charge in [-0.3, -0.25) is 0 Å². The van der Waals surface area contributed by atoms with Crippen LogP contribution in [0.15, 0.2) is 59.8 Å². The Morgan fingerprint density at radius 3 is 2.37 bits per heavy atom. The molecule has 0 N–H and O–H groups in total. The Labute approximate surface area is 168 Å². The number of methoxy groups -OCH3 is 1. The minimum absolute atomic E-state index is 0.269. The largest absolute Gasteiger partial charge is 0.497 e. The molecule has 0 atom stereocenters. The Morgan fingerprint density at radius 2 is 1.70 bits per heavy atom. The van der Waals surface area contributed by atoms with Crippen LogP contribution in [0.4, 0.5) is 0 Å². The van der Waals surface area contributed by atoms with E-state index < -0.39 is 0 Å². The van der Waals surface area contributed by atoms with Gasteiger partial charge in [0.2, 0.25) is 5.88 Å². The zero-order valence-electron chi connectivity index (χ0n) is 15.5. The summed E-state index contributed by atoms with van der Waals surface area (Å²) in [6.45, 7) is 4.20. The van der Waals surface area contributed by atoms with Crippen LogP contribution in [0.5, 0.6) is 17.4 Å². The Balaban J connectivity index is 1.80. The summed E-state index contributed by atoms with van der Waals surface area (Å²) >= 11 is 7.79. The van der Waals surface area contributed by atoms with Crippen molar-refractivity contribution in [2.24, 2.45) is 0 Å². The van der Waals surface area contributed by atoms with E-state index in [1.54, 1.807) is 18.9 Å². The lowest BCUT2D eigenvalue weighted by Crippen LogP contribution is -2.00. The fourth-order valence-electron chi connectivity index (χ4n) is 2.36. The fourth-order valence-corrected chi connectivity index (χ4v) is 3.50. The van der Waals surface area contributed by atoms with Gasteiger partial charge in [0, 0.05) is 16.8 Å². The van der Waals surface area contributed by atoms with Gasteiger partial charge in [-0.25, -0.2) is 4.98 Å². The van der Waals surface area contributed by atoms with Gasteiger partial charge in [0.05, 0.1) is 12.8 Å². The number of ether oxygens (including phenoxy) is 2. The third kappa shape index (κ3) is 5.37. The minimum Gasteiger partial charge on any atom is -0.497 e. The van der Waals surface area contributed by atoms with Crippen LogP contribution in [0.25, 0.3) is 0 Å². The van der Waals surface area contributed by atoms with Crippen LogP contribution in [0.1, 0.15) is 31.0 Å². The lowest BCUT2D eigenvalue weighted by Gasteiger charge is -2.11. The van der Waals surface area contributed by atoms with E-state index in [2.05, 4.69) is 23.8 Å². The van der Waals surface area contributed by atoms with Crippen molar-refractivity contribution >= 4 is 23.4 Å². The number of benzene rings is 2. The number of thioether (sulfide) groups is 1. The fraction of sp³-hybridized carbons (Fsp3) is 0.238. The molecule has 0 aliphatic heterocycles. The van der Waals surface area contributed by atoms with E-state index in [0.29, 0.717) is 22.5 Å². The first kappa shape index (κ1) is 19.5. The highest BCUT2D eigenvalue weighted by Crippen LogP contribution is 2.29. The molecule has 1 aromatic heterocycles. The molecule has 0 radical (unpaired) electrons. The summed E-state index contributed by atoms with van der Waals surface area (Å²) in [5.74, 6) is 2.98. The predicted octanol–water partition coefficient (Wildman–Crippen LogP) is 6.35. The summed E-state index contributed by atoms with van der Waals surface area (Å²) in [6, 6.07) is 17.1. The van der Waals surface area contributed by atoms with Gasteiger partial charge < -0.3 is 9.47 Å². The maximum absolute atomic E-state index is 6.25. The van der Waals surface area contributed by atoms with E-state index in [1.165, 1.54) is 0 Å². The third-order valence-corrected chi connectivity index (χ3v) is 5.15. The maximum Gasteiger partial charge on any atom is 0.223 e. The Morgan fingerprint density at radius 1 is 1.00 bits per heavy atom. The normalized spacial score (nSPS) is 10.9. The summed E-state index contributed by atoms with van der Waals surface area (Å²) in [7, 11) is 1.64. The zero-order valence-corrected chi connectivity index (χ0v) is 17.1. The first-order chi connectivity index (χ1) is 13.0. The van der Waals surface area contributed by atoms with Gasteiger partial charge in [0.1, 0.15) is 11.5 Å². The van der Waals surface area contributed by atoms with E-state index >= 15 is 0 Å². The average molecular weight is 401 g/mol. The number of nitrogens with zero attached hydrogens (tertiary/aromatic N) is 2. The third-order valence-electron chi connectivity index (χ3n) is 3.89. The molecule has 0 spiro atoms. The molecule has 6 heteroatoms. The molecule has 0 unspecified atom stereocenters. The van der Waals surface area contributed by atoms with Gasteiger partial charge in [0.25, 0.3) is 0 Å². The lowest BCUT2D eigenvalue weighted by molar-refractivity contribution is 0.411. The van der Waals surface area contributed by atoms with Crippen LogP contribution >= 0.6 is 23.4 Å². The van der Waals surface area contributed by atoms with Crippen LogP contribution in [0.3, 0.4) is 0 Å². The number of rotatable bonds is 7. The summed E-state index contributed by atoms with van der Waals surface area (Å²) < 4.78 is 11.1. The number of hydrogen-bond acceptors (Lipinski definition) is 5. The van der Waals surface area contributed by atoms with E-state index in [9.17, 15) is 0 Å². The van der Waals surface area contributed by atoms with E-state index in [1.807, 2.05) is 54.6 Å². The van der Waals surface area contributed by atoms with Crippen molar-refractivity contribution in [1.82, 2.24) is 9.97 Å². The van der Waals surface area contributed by atoms with Gasteiger partial charge in [-0.2, -0.15) is 4.98 Å². The van der Waals surface area contributed by atoms with Crippen LogP contribution in [-0.4, -0.2) is 17.1 Å². The molecule has 0 aliphatic carbocycles. The second-order valence-electron chi connectivity index (χ2n) is 6.23. The van der Waals surface area contributed by atoms with Crippen molar-refractivity contribution in [1.29, 1.82) is 0 Å². The topological polar surface area (TPSA) is 44.2 Å². The van der Waals surface area contributed by atoms with E-state index in [0.717, 1.165) is 22.0 Å². The van der Waals surface area contributed by atoms with Gasteiger partial charge >= 0.3 is 0 Å². The lowest BCUT2D eigenvalue weighted by atomic mass is 10.1. The van der Waals surface area contributed by atoms with Gasteiger partial charge in [0.15, 0.2) is 5.16 Å². The SMILES string of the molecule is COc1ccc(Oc2cc(C(C)C)nc(SCc3ccccc3Cl)n2)cc1. The average Bonchev–Trinajstić information content (AvgIpc) is 2.68. The molecule has 4 nitrogen and oxygen atoms in total. The molecule has 0 fully saturated rings. The van der Waals surface area contributed by atoms with E-state index in [-0.39, 0.29) is 5.92 Å². The highest BCUT2D eigenvalue weighted by atomic mass is 35.5. The monoisotopic (exact) mass is 400 g/mol. The van der Waals surface area contributed by atoms with Gasteiger partial charge in [-0.05, 0) is 41.8 Å². The molecule has 0 bridgehead atoms. The van der Waals surface area contributed by atoms with Crippen molar-refractivity contribution < 1.29 is 9.47 Å². The summed E-state index contributed by atoms with van der Waals surface area (Å²) in [5.41, 5.74) is 2.00. The molecule has 0 saturated heterocycles. The van der Waals surface area contributed by atoms with Crippen molar-refractivity contribution in [3.8, 4) is 17.4 Å². The molecular weight excluding hydrogens is 380 g/mol. The molecule has 0 amide bonds. The smallest absolute Gasteiger partial charge is 0.223 e. The summed E-state index contributed by atoms with van der Waals surface area (Å²) in [6.07, 6.45) is 0. The Hall–Kier alpha value is -2.24. The van der Waals surface area contributed by atoms with Crippen LogP contribution in [0, 0.1) is 0 Å². The standard InChI is InChI=1S/C21H21ClN2O2S/c1-14(2)19-12-20(26-17-10-8-16(25-3)9-11-17)24-21(23-19)27-13-15-6-4-5-7-18(15)22/h4-12,14H,13H2,1-3H3. The highest BCUT2D eigenvalue weighted by molar-refractivity contribution is 7.98. The van der Waals surface area contributed by atoms with Crippen molar-refractivity contribution in [3.63, 3.8) is 0 Å². The Bertz CT molecular complexity index is 901. The number of hydrogen-bond donors (Lipinski definition) is 0. The Kier molecular flexibility index (Phi) is 6.58. The van der Waals surface area contributed by atoms with Crippen molar-refractivity contribution in [3.05, 3.63) is 70.9 Å². The summed E-state index contributed by atoms with van der Waals surface area (Å²) in [5, 5.41) is 1.42. The molecule has 0 saturated carbocycles. The molecule has 0 aliphatic rings. The maximum atomic E-state index is 6.25. The first-order valence-electron chi connectivity index (χ1n) is 8.62. The second-order valence-corrected chi connectivity index (χ2v) is 7.58. The number of aromatic nitrogens is 2. The zero-order chi connectivity index (χ0) is 19.2. The van der Waals surface area contributed by atoms with Crippen LogP contribution in [-0.2, 0) is 5.75 Å². The van der Waals surface area contributed by atoms with Crippen LogP contribution in [0.2, 0.25) is 5.02 Å². The molecular formula is C21H21ClN2O2S. The second kappa shape index (κ2) is 9.11. The quantitative estimate of drug-likeness (QED) is 0.341. The minimum atomic E-state index is 0.269. The van der Waals surface area contributed by atoms with E-state index in [4.69, 9.17) is 21.1 Å².